The van der Waals surface area contributed by atoms with Gasteiger partial charge in [-0.05, 0) is 36.2 Å². The molecule has 2 aromatic rings. The van der Waals surface area contributed by atoms with E-state index in [1.807, 2.05) is 36.4 Å². The summed E-state index contributed by atoms with van der Waals surface area (Å²) in [6.07, 6.45) is 2.84. The minimum Gasteiger partial charge on any atom is -0.487 e. The van der Waals surface area contributed by atoms with E-state index in [0.717, 1.165) is 35.9 Å². The lowest BCUT2D eigenvalue weighted by atomic mass is 10.2. The van der Waals surface area contributed by atoms with Crippen molar-refractivity contribution in [1.82, 2.24) is 15.6 Å². The summed E-state index contributed by atoms with van der Waals surface area (Å²) in [6.45, 7) is 4.21. The first kappa shape index (κ1) is 20.2. The largest absolute Gasteiger partial charge is 0.487 e. The topological polar surface area (TPSA) is 58.5 Å². The summed E-state index contributed by atoms with van der Waals surface area (Å²) >= 11 is 0. The number of hydrogen-bond acceptors (Lipinski definition) is 3. The van der Waals surface area contributed by atoms with Crippen molar-refractivity contribution in [2.24, 2.45) is 4.99 Å². The van der Waals surface area contributed by atoms with Gasteiger partial charge >= 0.3 is 0 Å². The highest BCUT2D eigenvalue weighted by Gasteiger charge is 2.01. The number of rotatable bonds is 7. The van der Waals surface area contributed by atoms with Gasteiger partial charge in [0.15, 0.2) is 5.96 Å². The zero-order valence-electron chi connectivity index (χ0n) is 14.2. The number of guanidine groups is 1. The molecule has 0 unspecified atom stereocenters. The van der Waals surface area contributed by atoms with Gasteiger partial charge in [0.05, 0.1) is 5.69 Å². The van der Waals surface area contributed by atoms with Gasteiger partial charge in [-0.25, -0.2) is 0 Å². The summed E-state index contributed by atoms with van der Waals surface area (Å²) in [6, 6.07) is 13.9. The molecule has 1 aromatic heterocycles. The Bertz CT molecular complexity index is 619. The Hall–Kier alpha value is -1.83. The molecule has 0 saturated heterocycles. The molecule has 6 heteroatoms. The highest BCUT2D eigenvalue weighted by Crippen LogP contribution is 2.14. The minimum absolute atomic E-state index is 0. The van der Waals surface area contributed by atoms with Gasteiger partial charge in [0.1, 0.15) is 12.4 Å². The predicted molar refractivity (Wildman–Crippen MR) is 109 cm³/mol. The summed E-state index contributed by atoms with van der Waals surface area (Å²) in [5.41, 5.74) is 2.06. The van der Waals surface area contributed by atoms with Gasteiger partial charge in [0.2, 0.25) is 0 Å². The maximum atomic E-state index is 5.79. The Labute approximate surface area is 161 Å². The maximum absolute atomic E-state index is 5.79. The molecule has 5 nitrogen and oxygen atoms in total. The van der Waals surface area contributed by atoms with Crippen LogP contribution in [-0.2, 0) is 13.2 Å². The van der Waals surface area contributed by atoms with E-state index < -0.39 is 0 Å². The summed E-state index contributed by atoms with van der Waals surface area (Å²) in [5.74, 6) is 1.65. The standard InChI is InChI=1S/C18H24N4O.HI/c1-3-10-21-18(19-2)22-13-15-7-6-9-17(12-15)23-14-16-8-4-5-11-20-16;/h4-9,11-12H,3,10,13-14H2,1-2H3,(H2,19,21,22);1H. The molecule has 2 N–H and O–H groups in total. The summed E-state index contributed by atoms with van der Waals surface area (Å²) in [7, 11) is 1.78. The molecule has 0 aliphatic heterocycles. The number of halogens is 1. The number of hydrogen-bond donors (Lipinski definition) is 2. The quantitative estimate of drug-likeness (QED) is 0.394. The first-order chi connectivity index (χ1) is 11.3. The Morgan fingerprint density at radius 2 is 2.04 bits per heavy atom. The van der Waals surface area contributed by atoms with E-state index in [0.29, 0.717) is 13.2 Å². The Morgan fingerprint density at radius 1 is 1.17 bits per heavy atom. The lowest BCUT2D eigenvalue weighted by Gasteiger charge is -2.12. The van der Waals surface area contributed by atoms with Gasteiger partial charge in [-0.3, -0.25) is 9.98 Å². The van der Waals surface area contributed by atoms with Crippen molar-refractivity contribution in [3.05, 3.63) is 59.9 Å². The van der Waals surface area contributed by atoms with Crippen molar-refractivity contribution in [3.8, 4) is 5.75 Å². The second-order valence-corrected chi connectivity index (χ2v) is 5.11. The molecule has 1 heterocycles. The van der Waals surface area contributed by atoms with Crippen LogP contribution in [0, 0.1) is 0 Å². The number of ether oxygens (including phenoxy) is 1. The third-order valence-corrected chi connectivity index (χ3v) is 3.24. The zero-order chi connectivity index (χ0) is 16.3. The van der Waals surface area contributed by atoms with Crippen molar-refractivity contribution in [3.63, 3.8) is 0 Å². The molecule has 130 valence electrons. The molecule has 24 heavy (non-hydrogen) atoms. The number of pyridine rings is 1. The SMILES string of the molecule is CCCNC(=NC)NCc1cccc(OCc2ccccn2)c1.I. The van der Waals surface area contributed by atoms with Crippen LogP contribution < -0.4 is 15.4 Å². The van der Waals surface area contributed by atoms with Crippen LogP contribution in [0.1, 0.15) is 24.6 Å². The van der Waals surface area contributed by atoms with Gasteiger partial charge in [0.25, 0.3) is 0 Å². The highest BCUT2D eigenvalue weighted by molar-refractivity contribution is 14.0. The molecule has 0 saturated carbocycles. The van der Waals surface area contributed by atoms with E-state index in [-0.39, 0.29) is 24.0 Å². The van der Waals surface area contributed by atoms with Gasteiger partial charge in [-0.1, -0.05) is 25.1 Å². The molecule has 0 atom stereocenters. The number of benzene rings is 1. The number of aromatic nitrogens is 1. The molecule has 0 bridgehead atoms. The maximum Gasteiger partial charge on any atom is 0.191 e. The van der Waals surface area contributed by atoms with Crippen LogP contribution in [0.25, 0.3) is 0 Å². The molecule has 0 radical (unpaired) electrons. The average Bonchev–Trinajstić information content (AvgIpc) is 2.61. The Morgan fingerprint density at radius 3 is 2.75 bits per heavy atom. The molecule has 0 amide bonds. The number of aliphatic imine (C=N–C) groups is 1. The van der Waals surface area contributed by atoms with Crippen LogP contribution in [0.4, 0.5) is 0 Å². The number of nitrogens with one attached hydrogen (secondary N) is 2. The molecule has 0 spiro atoms. The third-order valence-electron chi connectivity index (χ3n) is 3.24. The molecular weight excluding hydrogens is 415 g/mol. The van der Waals surface area contributed by atoms with E-state index >= 15 is 0 Å². The summed E-state index contributed by atoms with van der Waals surface area (Å²) < 4.78 is 5.79. The van der Waals surface area contributed by atoms with E-state index in [9.17, 15) is 0 Å². The second kappa shape index (κ2) is 11.7. The van der Waals surface area contributed by atoms with Crippen LogP contribution in [-0.4, -0.2) is 24.5 Å². The predicted octanol–water partition coefficient (Wildman–Crippen LogP) is 3.35. The third kappa shape index (κ3) is 7.16. The molecule has 0 fully saturated rings. The average molecular weight is 440 g/mol. The lowest BCUT2D eigenvalue weighted by Crippen LogP contribution is -2.37. The molecule has 0 aliphatic carbocycles. The fraction of sp³-hybridized carbons (Fsp3) is 0.333. The highest BCUT2D eigenvalue weighted by atomic mass is 127. The lowest BCUT2D eigenvalue weighted by molar-refractivity contribution is 0.301. The molecule has 1 aromatic carbocycles. The minimum atomic E-state index is 0. The van der Waals surface area contributed by atoms with Gasteiger partial charge in [-0.2, -0.15) is 0 Å². The van der Waals surface area contributed by atoms with E-state index in [4.69, 9.17) is 4.74 Å². The molecule has 0 aliphatic rings. The molecular formula is C18H25IN4O. The Kier molecular flexibility index (Phi) is 9.83. The summed E-state index contributed by atoms with van der Waals surface area (Å²) in [4.78, 5) is 8.45. The van der Waals surface area contributed by atoms with Crippen LogP contribution in [0.3, 0.4) is 0 Å². The summed E-state index contributed by atoms with van der Waals surface area (Å²) in [5, 5.41) is 6.54. The van der Waals surface area contributed by atoms with Crippen molar-refractivity contribution < 1.29 is 4.74 Å². The van der Waals surface area contributed by atoms with Crippen LogP contribution >= 0.6 is 24.0 Å². The van der Waals surface area contributed by atoms with Gasteiger partial charge in [0, 0.05) is 26.3 Å². The van der Waals surface area contributed by atoms with Gasteiger partial charge in [-0.15, -0.1) is 24.0 Å². The van der Waals surface area contributed by atoms with Crippen LogP contribution in [0.5, 0.6) is 5.75 Å². The fourth-order valence-electron chi connectivity index (χ4n) is 2.04. The second-order valence-electron chi connectivity index (χ2n) is 5.11. The van der Waals surface area contributed by atoms with Crippen molar-refractivity contribution in [2.75, 3.05) is 13.6 Å². The zero-order valence-corrected chi connectivity index (χ0v) is 16.5. The fourth-order valence-corrected chi connectivity index (χ4v) is 2.04. The first-order valence-corrected chi connectivity index (χ1v) is 7.88. The Balaban J connectivity index is 0.00000288. The van der Waals surface area contributed by atoms with E-state index in [2.05, 4.69) is 33.6 Å². The number of nitrogens with zero attached hydrogens (tertiary/aromatic N) is 2. The van der Waals surface area contributed by atoms with Crippen molar-refractivity contribution in [1.29, 1.82) is 0 Å². The van der Waals surface area contributed by atoms with Gasteiger partial charge < -0.3 is 15.4 Å². The van der Waals surface area contributed by atoms with Crippen molar-refractivity contribution >= 4 is 29.9 Å². The molecule has 2 rings (SSSR count). The van der Waals surface area contributed by atoms with Crippen molar-refractivity contribution in [2.45, 2.75) is 26.5 Å². The monoisotopic (exact) mass is 440 g/mol. The van der Waals surface area contributed by atoms with Crippen LogP contribution in [0.2, 0.25) is 0 Å². The van der Waals surface area contributed by atoms with E-state index in [1.165, 1.54) is 0 Å². The van der Waals surface area contributed by atoms with Crippen LogP contribution in [0.15, 0.2) is 53.7 Å². The smallest absolute Gasteiger partial charge is 0.191 e. The van der Waals surface area contributed by atoms with E-state index in [1.54, 1.807) is 13.2 Å². The first-order valence-electron chi connectivity index (χ1n) is 7.88. The normalized spacial score (nSPS) is 10.7.